The van der Waals surface area contributed by atoms with E-state index >= 15 is 0 Å². The summed E-state index contributed by atoms with van der Waals surface area (Å²) in [6.45, 7) is 0. The zero-order chi connectivity index (χ0) is 6.69. The van der Waals surface area contributed by atoms with E-state index in [1.807, 2.05) is 0 Å². The van der Waals surface area contributed by atoms with Crippen molar-refractivity contribution in [2.45, 2.75) is 0 Å². The number of hydrogen-bond acceptors (Lipinski definition) is 1. The summed E-state index contributed by atoms with van der Waals surface area (Å²) in [6, 6.07) is 8.30. The van der Waals surface area contributed by atoms with Crippen molar-refractivity contribution in [1.29, 1.82) is 0 Å². The topological polar surface area (TPSA) is 415 Å². The van der Waals surface area contributed by atoms with Crippen LogP contribution in [0.3, 0.4) is 0 Å². The van der Waals surface area contributed by atoms with Crippen molar-refractivity contribution in [3.8, 4) is 0 Å². The van der Waals surface area contributed by atoms with E-state index < -0.39 is 5.97 Å². The molecule has 14 nitrogen and oxygen atoms in total. The van der Waals surface area contributed by atoms with Crippen molar-refractivity contribution < 1.29 is 75.6 Å². The van der Waals surface area contributed by atoms with Gasteiger partial charge in [-0.3, -0.25) is 0 Å². The van der Waals surface area contributed by atoms with Crippen molar-refractivity contribution in [3.63, 3.8) is 0 Å². The average molecular weight is 362 g/mol. The number of rotatable bonds is 1. The molecule has 1 aromatic carbocycles. The minimum absolute atomic E-state index is 0. The van der Waals surface area contributed by atoms with E-state index in [4.69, 9.17) is 5.11 Å². The van der Waals surface area contributed by atoms with E-state index in [0.717, 1.165) is 0 Å². The molecule has 0 aliphatic rings. The van der Waals surface area contributed by atoms with Crippen LogP contribution in [0.4, 0.5) is 0 Å². The third-order valence-electron chi connectivity index (χ3n) is 1.02. The van der Waals surface area contributed by atoms with Crippen LogP contribution in [0.1, 0.15) is 10.4 Å². The van der Waals surface area contributed by atoms with E-state index in [9.17, 15) is 4.79 Å². The van der Waals surface area contributed by atoms with E-state index in [0.29, 0.717) is 5.56 Å². The van der Waals surface area contributed by atoms with Gasteiger partial charge < -0.3 is 70.8 Å². The van der Waals surface area contributed by atoms with Crippen LogP contribution in [0.25, 0.3) is 0 Å². The fourth-order valence-electron chi connectivity index (χ4n) is 0.581. The summed E-state index contributed by atoms with van der Waals surface area (Å²) < 4.78 is 0. The van der Waals surface area contributed by atoms with Crippen LogP contribution >= 0.6 is 0 Å². The molecule has 25 N–H and O–H groups in total. The van der Waals surface area contributed by atoms with Crippen LogP contribution in [0.15, 0.2) is 30.3 Å². The number of carbonyl (C=O) groups is 1. The summed E-state index contributed by atoms with van der Waals surface area (Å²) in [6.07, 6.45) is 0. The molecule has 22 heavy (non-hydrogen) atoms. The van der Waals surface area contributed by atoms with Gasteiger partial charge in [0.1, 0.15) is 0 Å². The van der Waals surface area contributed by atoms with Crippen LogP contribution in [0, 0.1) is 0 Å². The zero-order valence-electron chi connectivity index (χ0n) is 10.7. The van der Waals surface area contributed by atoms with Crippen molar-refractivity contribution in [2.75, 3.05) is 0 Å². The first-order valence-electron chi connectivity index (χ1n) is 2.59. The number of benzene rings is 1. The van der Waals surface area contributed by atoms with Gasteiger partial charge >= 0.3 is 35.5 Å². The van der Waals surface area contributed by atoms with Crippen LogP contribution in [0.5, 0.6) is 0 Å². The molecule has 0 saturated carbocycles. The Hall–Kier alpha value is -0.790. The molecule has 0 unspecified atom stereocenters. The van der Waals surface area contributed by atoms with E-state index in [-0.39, 0.29) is 95.3 Å². The van der Waals surface area contributed by atoms with Gasteiger partial charge in [0, 0.05) is 0 Å². The first kappa shape index (κ1) is 129. The number of carboxylic acids is 1. The van der Waals surface area contributed by atoms with Crippen LogP contribution in [-0.2, 0) is 0 Å². The molecule has 0 aliphatic carbocycles. The van der Waals surface area contributed by atoms with Gasteiger partial charge in [0.15, 0.2) is 0 Å². The molecule has 15 heteroatoms. The first-order chi connectivity index (χ1) is 4.30. The van der Waals surface area contributed by atoms with Crippen molar-refractivity contribution >= 4 is 35.5 Å². The summed E-state index contributed by atoms with van der Waals surface area (Å²) >= 11 is 0. The quantitative estimate of drug-likeness (QED) is 0.475. The minimum atomic E-state index is -0.879. The second-order valence-corrected chi connectivity index (χ2v) is 1.67. The van der Waals surface area contributed by atoms with Gasteiger partial charge in [-0.05, 0) is 12.1 Å². The Morgan fingerprint density at radius 1 is 0.591 bits per heavy atom. The molecule has 1 aromatic rings. The summed E-state index contributed by atoms with van der Waals surface area (Å²) in [5.74, 6) is -0.879. The SMILES string of the molecule is O.O.O.O.O.O.O.O.O.O.O.O.O=C(O)c1ccccc1.[NaH]. The molecule has 0 fully saturated rings. The van der Waals surface area contributed by atoms with Crippen molar-refractivity contribution in [1.82, 2.24) is 0 Å². The van der Waals surface area contributed by atoms with E-state index in [1.54, 1.807) is 30.3 Å². The molecule has 144 valence electrons. The predicted molar refractivity (Wildman–Crippen MR) is 83.9 cm³/mol. The Morgan fingerprint density at radius 2 is 0.818 bits per heavy atom. The molecule has 0 aliphatic heterocycles. The molecule has 0 heterocycles. The molecule has 1 rings (SSSR count). The van der Waals surface area contributed by atoms with E-state index in [2.05, 4.69) is 0 Å². The van der Waals surface area contributed by atoms with Gasteiger partial charge in [-0.1, -0.05) is 18.2 Å². The Bertz CT molecular complexity index is 222. The fraction of sp³-hybridized carbons (Fsp3) is 0. The Balaban J connectivity index is -0.00000000566. The second kappa shape index (κ2) is 71.5. The molecule has 0 bridgehead atoms. The van der Waals surface area contributed by atoms with Crippen LogP contribution < -0.4 is 0 Å². The second-order valence-electron chi connectivity index (χ2n) is 1.67. The Labute approximate surface area is 147 Å². The molecule has 0 radical (unpaired) electrons. The summed E-state index contributed by atoms with van der Waals surface area (Å²) in [5.41, 5.74) is 0.331. The van der Waals surface area contributed by atoms with Gasteiger partial charge in [-0.15, -0.1) is 0 Å². The fourth-order valence-corrected chi connectivity index (χ4v) is 0.581. The Morgan fingerprint density at radius 3 is 0.955 bits per heavy atom. The molecule has 0 saturated heterocycles. The van der Waals surface area contributed by atoms with Crippen LogP contribution in [-0.4, -0.2) is 106 Å². The number of hydrogen-bond donors (Lipinski definition) is 1. The van der Waals surface area contributed by atoms with Gasteiger partial charge in [0.25, 0.3) is 0 Å². The number of aromatic carboxylic acids is 1. The predicted octanol–water partition coefficient (Wildman–Crippen LogP) is -9.16. The first-order valence-corrected chi connectivity index (χ1v) is 2.59. The Kier molecular flexibility index (Phi) is 418. The summed E-state index contributed by atoms with van der Waals surface area (Å²) in [4.78, 5) is 10.2. The molecular formula is C7H31NaO14. The summed E-state index contributed by atoms with van der Waals surface area (Å²) in [7, 11) is 0. The van der Waals surface area contributed by atoms with Gasteiger partial charge in [0.2, 0.25) is 0 Å². The third kappa shape index (κ3) is 50.7. The number of carboxylic acid groups (broad SMARTS) is 1. The maximum atomic E-state index is 10.2. The molecule has 0 aromatic heterocycles. The molecular weight excluding hydrogens is 331 g/mol. The monoisotopic (exact) mass is 362 g/mol. The van der Waals surface area contributed by atoms with Gasteiger partial charge in [-0.2, -0.15) is 0 Å². The zero-order valence-corrected chi connectivity index (χ0v) is 10.7. The molecule has 0 amide bonds. The van der Waals surface area contributed by atoms with Crippen LogP contribution in [0.2, 0.25) is 0 Å². The van der Waals surface area contributed by atoms with Crippen molar-refractivity contribution in [3.05, 3.63) is 35.9 Å². The molecule has 0 spiro atoms. The van der Waals surface area contributed by atoms with Gasteiger partial charge in [-0.25, -0.2) is 4.79 Å². The molecule has 0 atom stereocenters. The third-order valence-corrected chi connectivity index (χ3v) is 1.02. The summed E-state index contributed by atoms with van der Waals surface area (Å²) in [5, 5.41) is 8.38. The van der Waals surface area contributed by atoms with Gasteiger partial charge in [0.05, 0.1) is 5.56 Å². The normalized spacial score (nSPS) is 3.64. The maximum absolute atomic E-state index is 10.2. The van der Waals surface area contributed by atoms with Crippen molar-refractivity contribution in [2.24, 2.45) is 0 Å². The standard InChI is InChI=1S/C7H6O2.Na.12H2O.H/c8-7(9)6-4-2-1-3-5-6;;;;;;;;;;;;;;/h1-5H,(H,8,9);;12*1H2;. The van der Waals surface area contributed by atoms with E-state index in [1.165, 1.54) is 0 Å². The average Bonchev–Trinajstić information content (AvgIpc) is 1.90.